The monoisotopic (exact) mass is 198 g/mol. The second-order valence-corrected chi connectivity index (χ2v) is 4.68. The molecule has 0 aliphatic carbocycles. The van der Waals surface area contributed by atoms with E-state index in [2.05, 4.69) is 33.8 Å². The molecule has 1 heteroatoms. The minimum Gasteiger partial charge on any atom is -0.393 e. The van der Waals surface area contributed by atoms with Crippen LogP contribution in [-0.2, 0) is 0 Å². The summed E-state index contributed by atoms with van der Waals surface area (Å²) in [6.07, 6.45) is 7.56. The maximum absolute atomic E-state index is 9.71. The van der Waals surface area contributed by atoms with E-state index in [1.165, 1.54) is 18.4 Å². The van der Waals surface area contributed by atoms with E-state index in [0.29, 0.717) is 5.92 Å². The smallest absolute Gasteiger partial charge is 0.0579 e. The summed E-state index contributed by atoms with van der Waals surface area (Å²) in [5, 5.41) is 9.71. The lowest BCUT2D eigenvalue weighted by atomic mass is 10.00. The highest BCUT2D eigenvalue weighted by atomic mass is 16.3. The zero-order chi connectivity index (χ0) is 11.0. The van der Waals surface area contributed by atoms with Crippen LogP contribution in [0.25, 0.3) is 0 Å². The van der Waals surface area contributed by atoms with E-state index >= 15 is 0 Å². The van der Waals surface area contributed by atoms with Crippen LogP contribution in [0.3, 0.4) is 0 Å². The molecule has 0 fully saturated rings. The highest BCUT2D eigenvalue weighted by Crippen LogP contribution is 2.13. The lowest BCUT2D eigenvalue weighted by Gasteiger charge is -2.13. The third-order valence-electron chi connectivity index (χ3n) is 2.35. The number of hydrogen-bond donors (Lipinski definition) is 1. The Labute approximate surface area is 89.2 Å². The number of aliphatic hydroxyl groups excluding tert-OH is 1. The van der Waals surface area contributed by atoms with Gasteiger partial charge in [-0.25, -0.2) is 0 Å². The molecule has 0 rings (SSSR count). The Balaban J connectivity index is 3.68. The number of unbranched alkanes of at least 4 members (excludes halogenated alkanes) is 2. The van der Waals surface area contributed by atoms with Crippen molar-refractivity contribution in [2.45, 2.75) is 65.9 Å². The second kappa shape index (κ2) is 8.05. The topological polar surface area (TPSA) is 20.2 Å². The highest BCUT2D eigenvalue weighted by molar-refractivity contribution is 4.99. The van der Waals surface area contributed by atoms with Crippen molar-refractivity contribution in [3.8, 4) is 0 Å². The van der Waals surface area contributed by atoms with Gasteiger partial charge in [0.15, 0.2) is 0 Å². The van der Waals surface area contributed by atoms with Gasteiger partial charge in [-0.2, -0.15) is 0 Å². The summed E-state index contributed by atoms with van der Waals surface area (Å²) in [6, 6.07) is 0. The summed E-state index contributed by atoms with van der Waals surface area (Å²) >= 11 is 0. The van der Waals surface area contributed by atoms with Crippen molar-refractivity contribution >= 4 is 0 Å². The van der Waals surface area contributed by atoms with Crippen LogP contribution in [0.4, 0.5) is 0 Å². The van der Waals surface area contributed by atoms with E-state index in [0.717, 1.165) is 19.3 Å². The Bertz CT molecular complexity index is 159. The van der Waals surface area contributed by atoms with Gasteiger partial charge >= 0.3 is 0 Å². The molecule has 0 aliphatic rings. The SMILES string of the molecule is CCCC/C=C(\C)CC(O)CC(C)C. The van der Waals surface area contributed by atoms with Gasteiger partial charge in [0.25, 0.3) is 0 Å². The Morgan fingerprint density at radius 1 is 1.36 bits per heavy atom. The molecule has 0 aromatic carbocycles. The maximum atomic E-state index is 9.71. The van der Waals surface area contributed by atoms with Crippen LogP contribution in [0.2, 0.25) is 0 Å². The largest absolute Gasteiger partial charge is 0.393 e. The van der Waals surface area contributed by atoms with Crippen LogP contribution in [0.5, 0.6) is 0 Å². The first kappa shape index (κ1) is 13.7. The first-order chi connectivity index (χ1) is 6.56. The van der Waals surface area contributed by atoms with E-state index < -0.39 is 0 Å². The first-order valence-corrected chi connectivity index (χ1v) is 5.90. The number of allylic oxidation sites excluding steroid dienone is 1. The van der Waals surface area contributed by atoms with Crippen molar-refractivity contribution in [1.29, 1.82) is 0 Å². The Morgan fingerprint density at radius 3 is 2.50 bits per heavy atom. The molecule has 1 unspecified atom stereocenters. The molecule has 0 aromatic heterocycles. The van der Waals surface area contributed by atoms with Crippen LogP contribution < -0.4 is 0 Å². The average Bonchev–Trinajstić information content (AvgIpc) is 2.02. The summed E-state index contributed by atoms with van der Waals surface area (Å²) in [6.45, 7) is 8.63. The van der Waals surface area contributed by atoms with Crippen molar-refractivity contribution in [2.24, 2.45) is 5.92 Å². The maximum Gasteiger partial charge on any atom is 0.0579 e. The fraction of sp³-hybridized carbons (Fsp3) is 0.846. The van der Waals surface area contributed by atoms with Crippen molar-refractivity contribution in [2.75, 3.05) is 0 Å². The summed E-state index contributed by atoms with van der Waals surface area (Å²) in [5.74, 6) is 0.591. The molecule has 1 N–H and O–H groups in total. The summed E-state index contributed by atoms with van der Waals surface area (Å²) < 4.78 is 0. The van der Waals surface area contributed by atoms with Gasteiger partial charge in [-0.05, 0) is 32.1 Å². The predicted molar refractivity (Wildman–Crippen MR) is 63.4 cm³/mol. The Kier molecular flexibility index (Phi) is 7.87. The standard InChI is InChI=1S/C13H26O/c1-5-6-7-8-12(4)10-13(14)9-11(2)3/h8,11,13-14H,5-7,9-10H2,1-4H3/b12-8+. The summed E-state index contributed by atoms with van der Waals surface area (Å²) in [7, 11) is 0. The summed E-state index contributed by atoms with van der Waals surface area (Å²) in [4.78, 5) is 0. The molecule has 0 saturated heterocycles. The second-order valence-electron chi connectivity index (χ2n) is 4.68. The van der Waals surface area contributed by atoms with Crippen molar-refractivity contribution in [3.63, 3.8) is 0 Å². The van der Waals surface area contributed by atoms with Gasteiger partial charge in [0.1, 0.15) is 0 Å². The van der Waals surface area contributed by atoms with Crippen LogP contribution in [0.1, 0.15) is 59.8 Å². The molecule has 14 heavy (non-hydrogen) atoms. The lowest BCUT2D eigenvalue weighted by molar-refractivity contribution is 0.149. The minimum absolute atomic E-state index is 0.145. The van der Waals surface area contributed by atoms with E-state index in [1.807, 2.05) is 0 Å². The zero-order valence-electron chi connectivity index (χ0n) is 10.2. The zero-order valence-corrected chi connectivity index (χ0v) is 10.2. The molecule has 0 spiro atoms. The van der Waals surface area contributed by atoms with Gasteiger partial charge in [-0.15, -0.1) is 0 Å². The van der Waals surface area contributed by atoms with Gasteiger partial charge in [-0.3, -0.25) is 0 Å². The fourth-order valence-corrected chi connectivity index (χ4v) is 1.64. The van der Waals surface area contributed by atoms with E-state index in [1.54, 1.807) is 0 Å². The molecule has 0 heterocycles. The number of rotatable bonds is 7. The molecule has 1 atom stereocenters. The van der Waals surface area contributed by atoms with E-state index in [9.17, 15) is 5.11 Å². The van der Waals surface area contributed by atoms with Gasteiger partial charge in [-0.1, -0.05) is 45.3 Å². The van der Waals surface area contributed by atoms with Crippen LogP contribution in [-0.4, -0.2) is 11.2 Å². The van der Waals surface area contributed by atoms with Gasteiger partial charge in [0, 0.05) is 0 Å². The van der Waals surface area contributed by atoms with Gasteiger partial charge in [0.05, 0.1) is 6.10 Å². The van der Waals surface area contributed by atoms with Crippen molar-refractivity contribution < 1.29 is 5.11 Å². The molecule has 0 amide bonds. The quantitative estimate of drug-likeness (QED) is 0.485. The molecule has 0 aromatic rings. The number of aliphatic hydroxyl groups is 1. The molecule has 0 bridgehead atoms. The van der Waals surface area contributed by atoms with Gasteiger partial charge in [0.2, 0.25) is 0 Å². The lowest BCUT2D eigenvalue weighted by Crippen LogP contribution is -2.10. The Hall–Kier alpha value is -0.300. The van der Waals surface area contributed by atoms with Crippen LogP contribution in [0.15, 0.2) is 11.6 Å². The van der Waals surface area contributed by atoms with E-state index in [-0.39, 0.29) is 6.10 Å². The third-order valence-corrected chi connectivity index (χ3v) is 2.35. The molecule has 0 aliphatic heterocycles. The van der Waals surface area contributed by atoms with Crippen molar-refractivity contribution in [3.05, 3.63) is 11.6 Å². The normalized spacial score (nSPS) is 14.9. The predicted octanol–water partition coefficient (Wildman–Crippen LogP) is 3.92. The highest BCUT2D eigenvalue weighted by Gasteiger charge is 2.06. The molecule has 84 valence electrons. The first-order valence-electron chi connectivity index (χ1n) is 5.90. The third kappa shape index (κ3) is 8.31. The molecular formula is C13H26O. The molecule has 0 saturated carbocycles. The van der Waals surface area contributed by atoms with Crippen LogP contribution >= 0.6 is 0 Å². The van der Waals surface area contributed by atoms with Crippen LogP contribution in [0, 0.1) is 5.92 Å². The molecular weight excluding hydrogens is 172 g/mol. The number of hydrogen-bond acceptors (Lipinski definition) is 1. The van der Waals surface area contributed by atoms with Gasteiger partial charge < -0.3 is 5.11 Å². The average molecular weight is 198 g/mol. The Morgan fingerprint density at radius 2 is 2.00 bits per heavy atom. The summed E-state index contributed by atoms with van der Waals surface area (Å²) in [5.41, 5.74) is 1.34. The molecule has 1 nitrogen and oxygen atoms in total. The van der Waals surface area contributed by atoms with Crippen molar-refractivity contribution in [1.82, 2.24) is 0 Å². The molecule has 0 radical (unpaired) electrons. The minimum atomic E-state index is -0.145. The van der Waals surface area contributed by atoms with E-state index in [4.69, 9.17) is 0 Å². The fourth-order valence-electron chi connectivity index (χ4n) is 1.64.